The number of carbonyl (C=O) groups excluding carboxylic acids is 1. The second kappa shape index (κ2) is 4.58. The number of rotatable bonds is 2. The fourth-order valence-electron chi connectivity index (χ4n) is 1.29. The average molecular weight is 214 g/mol. The molecule has 2 N–H and O–H groups in total. The molecule has 0 bridgehead atoms. The monoisotopic (exact) mass is 214 g/mol. The summed E-state index contributed by atoms with van der Waals surface area (Å²) < 4.78 is 15.5. The van der Waals surface area contributed by atoms with E-state index >= 15 is 0 Å². The fraction of sp³-hybridized carbons (Fsp3) is 0.667. The van der Waals surface area contributed by atoms with Gasteiger partial charge in [-0.15, -0.1) is 12.3 Å². The highest BCUT2D eigenvalue weighted by molar-refractivity contribution is 7.94. The van der Waals surface area contributed by atoms with Gasteiger partial charge >= 0.3 is 0 Å². The molecule has 5 heteroatoms. The Bertz CT molecular complexity index is 363. The van der Waals surface area contributed by atoms with Crippen molar-refractivity contribution in [2.75, 3.05) is 11.5 Å². The third kappa shape index (κ3) is 2.82. The number of terminal acetylenes is 1. The number of hydrogen-bond acceptors (Lipinski definition) is 3. The molecular weight excluding hydrogens is 200 g/mol. The Morgan fingerprint density at radius 3 is 2.64 bits per heavy atom. The molecule has 0 spiro atoms. The van der Waals surface area contributed by atoms with E-state index in [-0.39, 0.29) is 6.42 Å². The molecule has 0 aromatic carbocycles. The summed E-state index contributed by atoms with van der Waals surface area (Å²) in [5.41, 5.74) is 5.45. The summed E-state index contributed by atoms with van der Waals surface area (Å²) in [5.74, 6) is 2.80. The first-order valence-corrected chi connectivity index (χ1v) is 6.38. The highest BCUT2D eigenvalue weighted by Crippen LogP contribution is 2.13. The van der Waals surface area contributed by atoms with Crippen LogP contribution in [0.15, 0.2) is 4.36 Å². The van der Waals surface area contributed by atoms with E-state index < -0.39 is 21.7 Å². The van der Waals surface area contributed by atoms with Crippen LogP contribution in [-0.2, 0) is 14.5 Å². The Hall–Kier alpha value is -0.860. The van der Waals surface area contributed by atoms with Gasteiger partial charge in [0.15, 0.2) is 0 Å². The average Bonchev–Trinajstić information content (AvgIpc) is 2.52. The van der Waals surface area contributed by atoms with Gasteiger partial charge in [0.05, 0.1) is 15.8 Å². The van der Waals surface area contributed by atoms with Gasteiger partial charge in [0, 0.05) is 17.9 Å². The van der Waals surface area contributed by atoms with Crippen LogP contribution in [0.5, 0.6) is 0 Å². The van der Waals surface area contributed by atoms with E-state index in [9.17, 15) is 9.00 Å². The molecule has 1 aliphatic heterocycles. The lowest BCUT2D eigenvalue weighted by Gasteiger charge is -2.04. The predicted octanol–water partition coefficient (Wildman–Crippen LogP) is 0.125. The van der Waals surface area contributed by atoms with Crippen LogP contribution in [0.25, 0.3) is 0 Å². The molecule has 0 radical (unpaired) electrons. The van der Waals surface area contributed by atoms with Gasteiger partial charge in [-0.1, -0.05) is 0 Å². The molecule has 0 aromatic rings. The van der Waals surface area contributed by atoms with Crippen molar-refractivity contribution in [3.05, 3.63) is 0 Å². The smallest absolute Gasteiger partial charge is 0.271 e. The van der Waals surface area contributed by atoms with Crippen LogP contribution in [0, 0.1) is 12.3 Å². The Balaban J connectivity index is 2.73. The van der Waals surface area contributed by atoms with Gasteiger partial charge in [0.2, 0.25) is 0 Å². The van der Waals surface area contributed by atoms with E-state index in [1.165, 1.54) is 0 Å². The van der Waals surface area contributed by atoms with E-state index in [2.05, 4.69) is 10.3 Å². The summed E-state index contributed by atoms with van der Waals surface area (Å²) in [6, 6.07) is -0.793. The summed E-state index contributed by atoms with van der Waals surface area (Å²) in [5, 5.41) is 0. The van der Waals surface area contributed by atoms with Gasteiger partial charge in [-0.05, 0) is 12.8 Å². The molecule has 1 aliphatic rings. The fourth-order valence-corrected chi connectivity index (χ4v) is 3.45. The molecule has 78 valence electrons. The van der Waals surface area contributed by atoms with Crippen molar-refractivity contribution >= 4 is 15.6 Å². The molecule has 4 nitrogen and oxygen atoms in total. The Kier molecular flexibility index (Phi) is 3.67. The SMILES string of the molecule is C#CCC(N)C(=O)N=S1(=O)CCCC1. The third-order valence-electron chi connectivity index (χ3n) is 2.09. The standard InChI is InChI=1S/C9H14N2O2S/c1-2-5-8(10)9(12)11-14(13)6-3-4-7-14/h1,8H,3-7,10H2. The topological polar surface area (TPSA) is 72.5 Å². The van der Waals surface area contributed by atoms with Crippen molar-refractivity contribution in [3.8, 4) is 12.3 Å². The second-order valence-electron chi connectivity index (χ2n) is 3.33. The Morgan fingerprint density at radius 2 is 2.14 bits per heavy atom. The van der Waals surface area contributed by atoms with Crippen LogP contribution in [0.4, 0.5) is 0 Å². The summed E-state index contributed by atoms with van der Waals surface area (Å²) in [6.07, 6.45) is 6.91. The highest BCUT2D eigenvalue weighted by atomic mass is 32.2. The van der Waals surface area contributed by atoms with Crippen molar-refractivity contribution < 1.29 is 9.00 Å². The maximum Gasteiger partial charge on any atom is 0.271 e. The van der Waals surface area contributed by atoms with Crippen molar-refractivity contribution in [2.24, 2.45) is 10.1 Å². The predicted molar refractivity (Wildman–Crippen MR) is 56.0 cm³/mol. The second-order valence-corrected chi connectivity index (χ2v) is 5.88. The first-order valence-electron chi connectivity index (χ1n) is 4.53. The van der Waals surface area contributed by atoms with Crippen LogP contribution < -0.4 is 5.73 Å². The van der Waals surface area contributed by atoms with E-state index in [1.54, 1.807) is 0 Å². The van der Waals surface area contributed by atoms with Gasteiger partial charge in [-0.2, -0.15) is 4.36 Å². The molecule has 1 unspecified atom stereocenters. The summed E-state index contributed by atoms with van der Waals surface area (Å²) in [7, 11) is -2.29. The minimum Gasteiger partial charge on any atom is -0.319 e. The number of amides is 1. The number of carbonyl (C=O) groups is 1. The molecule has 1 saturated heterocycles. The van der Waals surface area contributed by atoms with Crippen molar-refractivity contribution in [1.29, 1.82) is 0 Å². The van der Waals surface area contributed by atoms with Crippen molar-refractivity contribution in [2.45, 2.75) is 25.3 Å². The first kappa shape index (κ1) is 11.2. The molecule has 1 rings (SSSR count). The van der Waals surface area contributed by atoms with Crippen LogP contribution in [0.1, 0.15) is 19.3 Å². The van der Waals surface area contributed by atoms with Crippen LogP contribution in [0.3, 0.4) is 0 Å². The zero-order valence-corrected chi connectivity index (χ0v) is 8.76. The zero-order valence-electron chi connectivity index (χ0n) is 7.94. The molecule has 1 heterocycles. The first-order chi connectivity index (χ1) is 6.57. The minimum absolute atomic E-state index is 0.151. The van der Waals surface area contributed by atoms with Gasteiger partial charge in [-0.25, -0.2) is 4.21 Å². The van der Waals surface area contributed by atoms with E-state index in [0.29, 0.717) is 11.5 Å². The number of hydrogen-bond donors (Lipinski definition) is 1. The van der Waals surface area contributed by atoms with E-state index in [0.717, 1.165) is 12.8 Å². The normalized spacial score (nSPS) is 21.1. The lowest BCUT2D eigenvalue weighted by molar-refractivity contribution is -0.118. The van der Waals surface area contributed by atoms with Crippen LogP contribution >= 0.6 is 0 Å². The van der Waals surface area contributed by atoms with Gasteiger partial charge in [-0.3, -0.25) is 4.79 Å². The molecule has 1 amide bonds. The molecule has 1 atom stereocenters. The van der Waals surface area contributed by atoms with E-state index in [1.807, 2.05) is 0 Å². The van der Waals surface area contributed by atoms with Crippen LogP contribution in [0.2, 0.25) is 0 Å². The Morgan fingerprint density at radius 1 is 1.57 bits per heavy atom. The molecule has 0 saturated carbocycles. The number of nitrogens with two attached hydrogens (primary N) is 1. The molecule has 0 aliphatic carbocycles. The largest absolute Gasteiger partial charge is 0.319 e. The van der Waals surface area contributed by atoms with Gasteiger partial charge in [0.1, 0.15) is 0 Å². The third-order valence-corrected chi connectivity index (χ3v) is 4.45. The van der Waals surface area contributed by atoms with E-state index in [4.69, 9.17) is 12.2 Å². The molecule has 1 fully saturated rings. The Labute approximate surface area is 84.4 Å². The lowest BCUT2D eigenvalue weighted by atomic mass is 10.2. The summed E-state index contributed by atoms with van der Waals surface area (Å²) >= 11 is 0. The van der Waals surface area contributed by atoms with Gasteiger partial charge < -0.3 is 5.73 Å². The van der Waals surface area contributed by atoms with Gasteiger partial charge in [0.25, 0.3) is 5.91 Å². The van der Waals surface area contributed by atoms with Crippen molar-refractivity contribution in [1.82, 2.24) is 0 Å². The maximum absolute atomic E-state index is 11.8. The highest BCUT2D eigenvalue weighted by Gasteiger charge is 2.20. The van der Waals surface area contributed by atoms with Crippen LogP contribution in [-0.4, -0.2) is 27.7 Å². The summed E-state index contributed by atoms with van der Waals surface area (Å²) in [4.78, 5) is 11.3. The quantitative estimate of drug-likeness (QED) is 0.664. The molecule has 0 aromatic heterocycles. The maximum atomic E-state index is 11.8. The lowest BCUT2D eigenvalue weighted by Crippen LogP contribution is -2.29. The van der Waals surface area contributed by atoms with Crippen molar-refractivity contribution in [3.63, 3.8) is 0 Å². The summed E-state index contributed by atoms with van der Waals surface area (Å²) in [6.45, 7) is 0. The molecule has 14 heavy (non-hydrogen) atoms. The zero-order chi connectivity index (χ0) is 10.6. The minimum atomic E-state index is -2.29. The number of nitrogens with zero attached hydrogens (tertiary/aromatic N) is 1. The molecular formula is C9H14N2O2S.